The van der Waals surface area contributed by atoms with E-state index in [1.165, 1.54) is 32.1 Å². The molecule has 1 saturated heterocycles. The van der Waals surface area contributed by atoms with Crippen LogP contribution in [0.15, 0.2) is 40.6 Å². The summed E-state index contributed by atoms with van der Waals surface area (Å²) in [6.07, 6.45) is 8.90. The van der Waals surface area contributed by atoms with Gasteiger partial charge in [0.1, 0.15) is 0 Å². The Labute approximate surface area is 205 Å². The maximum Gasteiger partial charge on any atom is 0.166 e. The number of hydrogen-bond acceptors (Lipinski definition) is 9. The lowest BCUT2D eigenvalue weighted by atomic mass is 10.1. The molecule has 1 aliphatic heterocycles. The minimum atomic E-state index is -0.973. The van der Waals surface area contributed by atoms with Crippen LogP contribution in [0.1, 0.15) is 45.1 Å². The highest BCUT2D eigenvalue weighted by molar-refractivity contribution is 8.26. The number of allylic oxidation sites excluding steroid dienone is 1. The van der Waals surface area contributed by atoms with Crippen LogP contribution < -0.4 is 11.5 Å². The number of hydrogen-bond donors (Lipinski definition) is 4. The van der Waals surface area contributed by atoms with Crippen molar-refractivity contribution < 1.29 is 5.11 Å². The second-order valence-electron chi connectivity index (χ2n) is 8.96. The van der Waals surface area contributed by atoms with Gasteiger partial charge >= 0.3 is 0 Å². The molecule has 0 amide bonds. The molecule has 3 rings (SSSR count). The van der Waals surface area contributed by atoms with Gasteiger partial charge in [-0.15, -0.1) is 0 Å². The quantitative estimate of drug-likeness (QED) is 0.243. The Balaban J connectivity index is 1.66. The number of fused-ring (bicyclic) bond motifs is 1. The number of rotatable bonds is 9. The van der Waals surface area contributed by atoms with Crippen LogP contribution in [0.2, 0.25) is 0 Å². The van der Waals surface area contributed by atoms with Crippen LogP contribution in [0.3, 0.4) is 0 Å². The molecule has 10 heteroatoms. The van der Waals surface area contributed by atoms with Crippen molar-refractivity contribution in [1.29, 1.82) is 5.41 Å². The fraction of sp³-hybridized carbons (Fsp3) is 0.458. The number of nitrogens with two attached hydrogens (primary N) is 2. The molecule has 0 atom stereocenters. The molecule has 0 bridgehead atoms. The van der Waals surface area contributed by atoms with E-state index in [0.29, 0.717) is 11.3 Å². The number of pyridine rings is 2. The van der Waals surface area contributed by atoms with Crippen molar-refractivity contribution in [2.45, 2.75) is 45.1 Å². The topological polar surface area (TPSA) is 150 Å². The maximum atomic E-state index is 9.85. The number of aliphatic imine (C=N–C) groups is 2. The number of nitrogens with one attached hydrogen (secondary N) is 1. The third kappa shape index (κ3) is 8.19. The van der Waals surface area contributed by atoms with Gasteiger partial charge in [0.25, 0.3) is 0 Å². The van der Waals surface area contributed by atoms with Gasteiger partial charge in [0, 0.05) is 42.7 Å². The van der Waals surface area contributed by atoms with Crippen LogP contribution in [-0.2, 0) is 0 Å². The van der Waals surface area contributed by atoms with Gasteiger partial charge in [-0.05, 0) is 82.7 Å². The zero-order chi connectivity index (χ0) is 24.6. The first-order valence-corrected chi connectivity index (χ1v) is 12.3. The fourth-order valence-electron chi connectivity index (χ4n) is 3.68. The maximum absolute atomic E-state index is 9.85. The molecule has 1 aliphatic rings. The van der Waals surface area contributed by atoms with Crippen molar-refractivity contribution in [2.75, 3.05) is 26.2 Å². The highest BCUT2D eigenvalue weighted by Crippen LogP contribution is 2.21. The highest BCUT2D eigenvalue weighted by Gasteiger charge is 2.17. The van der Waals surface area contributed by atoms with Crippen molar-refractivity contribution in [1.82, 2.24) is 14.9 Å². The molecule has 3 heterocycles. The summed E-state index contributed by atoms with van der Waals surface area (Å²) in [6, 6.07) is 5.45. The molecular weight excluding hydrogens is 448 g/mol. The number of aliphatic hydroxyl groups is 1. The number of nitrogens with zero attached hydrogens (tertiary/aromatic N) is 5. The van der Waals surface area contributed by atoms with Gasteiger partial charge in [-0.25, -0.2) is 9.98 Å². The Morgan fingerprint density at radius 2 is 2.06 bits per heavy atom. The van der Waals surface area contributed by atoms with E-state index in [0.717, 1.165) is 47.9 Å². The largest absolute Gasteiger partial charge is 0.404 e. The zero-order valence-electron chi connectivity index (χ0n) is 19.9. The summed E-state index contributed by atoms with van der Waals surface area (Å²) in [5, 5.41) is 18.2. The molecular formula is C24H34N8OS. The first kappa shape index (κ1) is 25.8. The molecule has 6 N–H and O–H groups in total. The summed E-state index contributed by atoms with van der Waals surface area (Å²) in [5.74, 6) is 0.418. The van der Waals surface area contributed by atoms with Gasteiger partial charge in [0.05, 0.1) is 21.7 Å². The Morgan fingerprint density at radius 3 is 2.76 bits per heavy atom. The lowest BCUT2D eigenvalue weighted by molar-refractivity contribution is 0.0892. The molecule has 2 aromatic rings. The Bertz CT molecular complexity index is 1080. The van der Waals surface area contributed by atoms with Crippen LogP contribution in [-0.4, -0.2) is 68.2 Å². The van der Waals surface area contributed by atoms with Crippen LogP contribution in [0, 0.1) is 5.41 Å². The van der Waals surface area contributed by atoms with Crippen molar-refractivity contribution in [3.05, 3.63) is 36.2 Å². The number of thioether (sulfide) groups is 1. The summed E-state index contributed by atoms with van der Waals surface area (Å²) in [6.45, 7) is 7.54. The molecule has 0 aliphatic carbocycles. The molecule has 2 aromatic heterocycles. The van der Waals surface area contributed by atoms with Gasteiger partial charge in [-0.1, -0.05) is 0 Å². The van der Waals surface area contributed by atoms with E-state index in [4.69, 9.17) is 16.9 Å². The molecule has 0 unspecified atom stereocenters. The lowest BCUT2D eigenvalue weighted by Gasteiger charge is -2.16. The van der Waals surface area contributed by atoms with E-state index in [9.17, 15) is 5.11 Å². The molecule has 0 saturated carbocycles. The summed E-state index contributed by atoms with van der Waals surface area (Å²) in [4.78, 5) is 20.4. The molecule has 0 radical (unpaired) electrons. The number of likely N-dealkylation sites (tertiary alicyclic amines) is 1. The summed E-state index contributed by atoms with van der Waals surface area (Å²) in [7, 11) is 0. The SMILES string of the molecule is CC(C)(O)CC(=N)SC(N)=Nc1ccc2ncc(C(C=NCCCN3CCCC3)=CN)cc2n1. The third-order valence-electron chi connectivity index (χ3n) is 5.27. The molecule has 34 heavy (non-hydrogen) atoms. The predicted molar refractivity (Wildman–Crippen MR) is 143 cm³/mol. The molecule has 182 valence electrons. The Morgan fingerprint density at radius 1 is 1.29 bits per heavy atom. The predicted octanol–water partition coefficient (Wildman–Crippen LogP) is 3.30. The second-order valence-corrected chi connectivity index (χ2v) is 10.1. The van der Waals surface area contributed by atoms with Gasteiger partial charge in [0.2, 0.25) is 0 Å². The molecule has 0 spiro atoms. The highest BCUT2D eigenvalue weighted by atomic mass is 32.2. The van der Waals surface area contributed by atoms with Crippen LogP contribution in [0.4, 0.5) is 5.82 Å². The van der Waals surface area contributed by atoms with Gasteiger partial charge in [-0.3, -0.25) is 15.4 Å². The standard InChI is InChI=1S/C24H34N8OS/c1-24(2,33)13-21(26)34-23(27)31-22-7-6-19-20(30-22)12-17(16-29-19)18(14-25)15-28-8-5-11-32-9-3-4-10-32/h6-7,12,14-16,26,33H,3-5,8-11,13,25H2,1-2H3,(H2,27,30,31). The smallest absolute Gasteiger partial charge is 0.166 e. The van der Waals surface area contributed by atoms with E-state index >= 15 is 0 Å². The van der Waals surface area contributed by atoms with E-state index in [1.54, 1.807) is 32.3 Å². The van der Waals surface area contributed by atoms with Gasteiger partial charge in [0.15, 0.2) is 11.0 Å². The van der Waals surface area contributed by atoms with Crippen molar-refractivity contribution in [3.8, 4) is 0 Å². The molecule has 0 aromatic carbocycles. The summed E-state index contributed by atoms with van der Waals surface area (Å²) >= 11 is 1.01. The monoisotopic (exact) mass is 482 g/mol. The van der Waals surface area contributed by atoms with Crippen molar-refractivity contribution >= 4 is 50.6 Å². The minimum Gasteiger partial charge on any atom is -0.404 e. The third-order valence-corrected chi connectivity index (χ3v) is 5.96. The summed E-state index contributed by atoms with van der Waals surface area (Å²) < 4.78 is 0. The van der Waals surface area contributed by atoms with Crippen LogP contribution in [0.25, 0.3) is 16.6 Å². The second kappa shape index (κ2) is 12.0. The minimum absolute atomic E-state index is 0.189. The average Bonchev–Trinajstić information content (AvgIpc) is 3.28. The Hall–Kier alpha value is -2.82. The average molecular weight is 483 g/mol. The van der Waals surface area contributed by atoms with E-state index in [2.05, 4.69) is 24.9 Å². The van der Waals surface area contributed by atoms with E-state index in [1.807, 2.05) is 12.1 Å². The first-order chi connectivity index (χ1) is 16.2. The van der Waals surface area contributed by atoms with Crippen LogP contribution >= 0.6 is 11.8 Å². The van der Waals surface area contributed by atoms with Gasteiger partial charge < -0.3 is 21.5 Å². The van der Waals surface area contributed by atoms with Gasteiger partial charge in [-0.2, -0.15) is 0 Å². The van der Waals surface area contributed by atoms with Crippen LogP contribution in [0.5, 0.6) is 0 Å². The van der Waals surface area contributed by atoms with Crippen molar-refractivity contribution in [3.63, 3.8) is 0 Å². The van der Waals surface area contributed by atoms with Crippen molar-refractivity contribution in [2.24, 2.45) is 21.5 Å². The fourth-order valence-corrected chi connectivity index (χ4v) is 4.49. The lowest BCUT2D eigenvalue weighted by Crippen LogP contribution is -2.23. The normalized spacial score (nSPS) is 16.1. The van der Waals surface area contributed by atoms with E-state index in [-0.39, 0.29) is 16.6 Å². The zero-order valence-corrected chi connectivity index (χ0v) is 20.7. The van der Waals surface area contributed by atoms with E-state index < -0.39 is 5.60 Å². The number of aromatic nitrogens is 2. The first-order valence-electron chi connectivity index (χ1n) is 11.5. The number of amidine groups is 1. The summed E-state index contributed by atoms with van der Waals surface area (Å²) in [5.41, 5.74) is 13.8. The molecule has 1 fully saturated rings. The molecule has 9 nitrogen and oxygen atoms in total. The Kier molecular flexibility index (Phi) is 9.14.